The highest BCUT2D eigenvalue weighted by molar-refractivity contribution is 5.54. The molecule has 8 nitrogen and oxygen atoms in total. The Labute approximate surface area is 84.2 Å². The van der Waals surface area contributed by atoms with E-state index in [0.717, 1.165) is 0 Å². The van der Waals surface area contributed by atoms with Crippen molar-refractivity contribution >= 4 is 5.69 Å². The molecule has 2 heterocycles. The number of pyridine rings is 1. The SMILES string of the molecule is Cn1nnc(-c2cc(N=[N+]=[N-])ccn2)n1. The van der Waals surface area contributed by atoms with Gasteiger partial charge in [0.05, 0.1) is 7.05 Å². The largest absolute Gasteiger partial charge is 0.253 e. The van der Waals surface area contributed by atoms with E-state index in [0.29, 0.717) is 17.2 Å². The molecular weight excluding hydrogens is 196 g/mol. The second kappa shape index (κ2) is 3.72. The maximum absolute atomic E-state index is 8.28. The van der Waals surface area contributed by atoms with Crippen LogP contribution in [0.2, 0.25) is 0 Å². The van der Waals surface area contributed by atoms with Crippen LogP contribution in [0.25, 0.3) is 22.0 Å². The van der Waals surface area contributed by atoms with E-state index in [-0.39, 0.29) is 0 Å². The molecule has 0 amide bonds. The topological polar surface area (TPSA) is 105 Å². The van der Waals surface area contributed by atoms with Crippen LogP contribution in [-0.4, -0.2) is 25.2 Å². The maximum atomic E-state index is 8.28. The highest BCUT2D eigenvalue weighted by Crippen LogP contribution is 2.17. The molecule has 0 aliphatic heterocycles. The van der Waals surface area contributed by atoms with Crippen LogP contribution in [0, 0.1) is 0 Å². The van der Waals surface area contributed by atoms with Gasteiger partial charge in [0, 0.05) is 16.8 Å². The highest BCUT2D eigenvalue weighted by Gasteiger charge is 2.05. The molecule has 2 rings (SSSR count). The Morgan fingerprint density at radius 2 is 2.40 bits per heavy atom. The van der Waals surface area contributed by atoms with Crippen LogP contribution >= 0.6 is 0 Å². The van der Waals surface area contributed by atoms with E-state index in [9.17, 15) is 0 Å². The lowest BCUT2D eigenvalue weighted by Gasteiger charge is -1.94. The summed E-state index contributed by atoms with van der Waals surface area (Å²) < 4.78 is 0. The molecule has 0 aromatic carbocycles. The summed E-state index contributed by atoms with van der Waals surface area (Å²) in [6.45, 7) is 0. The molecule has 0 saturated carbocycles. The molecule has 0 unspecified atom stereocenters. The minimum atomic E-state index is 0.396. The molecule has 8 heteroatoms. The molecule has 0 fully saturated rings. The monoisotopic (exact) mass is 202 g/mol. The molecule has 2 aromatic rings. The van der Waals surface area contributed by atoms with Crippen LogP contribution in [0.4, 0.5) is 5.69 Å². The first-order valence-corrected chi connectivity index (χ1v) is 4.05. The highest BCUT2D eigenvalue weighted by atomic mass is 15.6. The molecule has 0 bridgehead atoms. The predicted molar refractivity (Wildman–Crippen MR) is 50.8 cm³/mol. The first-order chi connectivity index (χ1) is 7.29. The van der Waals surface area contributed by atoms with E-state index in [4.69, 9.17) is 5.53 Å². The number of hydrogen-bond acceptors (Lipinski definition) is 5. The van der Waals surface area contributed by atoms with Gasteiger partial charge in [-0.1, -0.05) is 5.11 Å². The van der Waals surface area contributed by atoms with E-state index >= 15 is 0 Å². The quantitative estimate of drug-likeness (QED) is 0.414. The lowest BCUT2D eigenvalue weighted by molar-refractivity contribution is 0.630. The third-order valence-corrected chi connectivity index (χ3v) is 1.64. The summed E-state index contributed by atoms with van der Waals surface area (Å²) in [6.07, 6.45) is 1.52. The number of rotatable bonds is 2. The lowest BCUT2D eigenvalue weighted by Crippen LogP contribution is -1.92. The van der Waals surface area contributed by atoms with Crippen LogP contribution < -0.4 is 0 Å². The standard InChI is InChI=1S/C7H6N8/c1-15-12-7(11-14-15)6-4-5(10-13-8)2-3-9-6/h2-4H,1H3. The van der Waals surface area contributed by atoms with Gasteiger partial charge in [0.15, 0.2) is 0 Å². The van der Waals surface area contributed by atoms with Crippen LogP contribution in [0.3, 0.4) is 0 Å². The first kappa shape index (κ1) is 9.10. The molecule has 0 radical (unpaired) electrons. The van der Waals surface area contributed by atoms with Gasteiger partial charge >= 0.3 is 0 Å². The summed E-state index contributed by atoms with van der Waals surface area (Å²) in [5, 5.41) is 14.9. The molecule has 15 heavy (non-hydrogen) atoms. The van der Waals surface area contributed by atoms with Crippen molar-refractivity contribution in [2.45, 2.75) is 0 Å². The van der Waals surface area contributed by atoms with Crippen molar-refractivity contribution in [1.82, 2.24) is 25.2 Å². The zero-order valence-electron chi connectivity index (χ0n) is 7.81. The van der Waals surface area contributed by atoms with Crippen molar-refractivity contribution in [1.29, 1.82) is 0 Å². The third kappa shape index (κ3) is 1.89. The van der Waals surface area contributed by atoms with Gasteiger partial charge in [-0.3, -0.25) is 4.98 Å². The molecule has 0 atom stereocenters. The fourth-order valence-electron chi connectivity index (χ4n) is 1.04. The van der Waals surface area contributed by atoms with Gasteiger partial charge in [0.1, 0.15) is 5.69 Å². The molecule has 0 N–H and O–H groups in total. The third-order valence-electron chi connectivity index (χ3n) is 1.64. The van der Waals surface area contributed by atoms with E-state index < -0.39 is 0 Å². The van der Waals surface area contributed by atoms with E-state index in [2.05, 4.69) is 30.4 Å². The minimum absolute atomic E-state index is 0.396. The summed E-state index contributed by atoms with van der Waals surface area (Å²) in [5.41, 5.74) is 9.26. The van der Waals surface area contributed by atoms with Crippen LogP contribution in [0.1, 0.15) is 0 Å². The van der Waals surface area contributed by atoms with Crippen LogP contribution in [0.15, 0.2) is 23.4 Å². The van der Waals surface area contributed by atoms with Gasteiger partial charge in [-0.25, -0.2) is 0 Å². The molecule has 0 spiro atoms. The lowest BCUT2D eigenvalue weighted by atomic mass is 10.3. The van der Waals surface area contributed by atoms with Gasteiger partial charge in [-0.2, -0.15) is 4.80 Å². The predicted octanol–water partition coefficient (Wildman–Crippen LogP) is 1.21. The van der Waals surface area contributed by atoms with Crippen molar-refractivity contribution < 1.29 is 0 Å². The number of aryl methyl sites for hydroxylation is 1. The van der Waals surface area contributed by atoms with Crippen molar-refractivity contribution in [2.24, 2.45) is 12.2 Å². The van der Waals surface area contributed by atoms with Crippen molar-refractivity contribution in [3.05, 3.63) is 28.8 Å². The zero-order chi connectivity index (χ0) is 10.7. The molecular formula is C7H6N8. The Kier molecular flexibility index (Phi) is 2.26. The fourth-order valence-corrected chi connectivity index (χ4v) is 1.04. The van der Waals surface area contributed by atoms with Gasteiger partial charge in [-0.05, 0) is 22.9 Å². The number of nitrogens with zero attached hydrogens (tertiary/aromatic N) is 8. The van der Waals surface area contributed by atoms with Gasteiger partial charge in [-0.15, -0.1) is 10.2 Å². The van der Waals surface area contributed by atoms with E-state index in [1.165, 1.54) is 11.0 Å². The first-order valence-electron chi connectivity index (χ1n) is 4.05. The van der Waals surface area contributed by atoms with Gasteiger partial charge in [0.2, 0.25) is 5.82 Å². The molecule has 0 aliphatic rings. The smallest absolute Gasteiger partial charge is 0.223 e. The number of tetrazole rings is 1. The Bertz CT molecular complexity index is 523. The van der Waals surface area contributed by atoms with Crippen molar-refractivity contribution in [3.63, 3.8) is 0 Å². The van der Waals surface area contributed by atoms with E-state index in [1.807, 2.05) is 0 Å². The molecule has 0 aliphatic carbocycles. The molecule has 2 aromatic heterocycles. The average Bonchev–Trinajstić information content (AvgIpc) is 2.66. The summed E-state index contributed by atoms with van der Waals surface area (Å²) >= 11 is 0. The molecule has 74 valence electrons. The normalized spacial score (nSPS) is 9.67. The summed E-state index contributed by atoms with van der Waals surface area (Å²) in [4.78, 5) is 8.06. The minimum Gasteiger partial charge on any atom is -0.253 e. The Morgan fingerprint density at radius 3 is 3.07 bits per heavy atom. The van der Waals surface area contributed by atoms with E-state index in [1.54, 1.807) is 19.2 Å². The number of hydrogen-bond donors (Lipinski definition) is 0. The zero-order valence-corrected chi connectivity index (χ0v) is 7.81. The van der Waals surface area contributed by atoms with Gasteiger partial charge < -0.3 is 0 Å². The second-order valence-corrected chi connectivity index (χ2v) is 2.69. The Hall–Kier alpha value is -2.47. The maximum Gasteiger partial charge on any atom is 0.223 e. The van der Waals surface area contributed by atoms with Crippen LogP contribution in [0.5, 0.6) is 0 Å². The second-order valence-electron chi connectivity index (χ2n) is 2.69. The Morgan fingerprint density at radius 1 is 1.53 bits per heavy atom. The van der Waals surface area contributed by atoms with Gasteiger partial charge in [0.25, 0.3) is 0 Å². The number of aromatic nitrogens is 5. The summed E-state index contributed by atoms with van der Waals surface area (Å²) in [7, 11) is 1.66. The molecule has 0 saturated heterocycles. The summed E-state index contributed by atoms with van der Waals surface area (Å²) in [5.74, 6) is 0.396. The summed E-state index contributed by atoms with van der Waals surface area (Å²) in [6, 6.07) is 3.19. The Balaban J connectivity index is 2.44. The van der Waals surface area contributed by atoms with Crippen LogP contribution in [-0.2, 0) is 7.05 Å². The average molecular weight is 202 g/mol. The van der Waals surface area contributed by atoms with Crippen molar-refractivity contribution in [2.75, 3.05) is 0 Å². The number of azide groups is 1. The van der Waals surface area contributed by atoms with Crippen molar-refractivity contribution in [3.8, 4) is 11.5 Å². The fraction of sp³-hybridized carbons (Fsp3) is 0.143.